The molecule has 1 aromatic rings. The Hall–Kier alpha value is -3.42. The summed E-state index contributed by atoms with van der Waals surface area (Å²) >= 11 is 0. The second-order valence-corrected chi connectivity index (χ2v) is 16.4. The molecule has 1 heterocycles. The van der Waals surface area contributed by atoms with Crippen LogP contribution in [0.15, 0.2) is 30.3 Å². The molecule has 0 aliphatic carbocycles. The van der Waals surface area contributed by atoms with Crippen LogP contribution >= 0.6 is 0 Å². The van der Waals surface area contributed by atoms with Gasteiger partial charge in [0.05, 0.1) is 49.2 Å². The fraction of sp³-hybridized carbons (Fsp3) is 0.744. The van der Waals surface area contributed by atoms with Gasteiger partial charge >= 0.3 is 5.97 Å². The van der Waals surface area contributed by atoms with Crippen LogP contribution in [-0.2, 0) is 39.9 Å². The number of nitrogens with zero attached hydrogens (tertiary/aromatic N) is 1. The van der Waals surface area contributed by atoms with E-state index in [1.807, 2.05) is 40.7 Å². The lowest BCUT2D eigenvalue weighted by Gasteiger charge is -2.36. The number of ether oxygens (including phenoxy) is 2. The Kier molecular flexibility index (Phi) is 20.6. The van der Waals surface area contributed by atoms with E-state index in [1.54, 1.807) is 45.3 Å². The molecule has 2 rings (SSSR count). The highest BCUT2D eigenvalue weighted by Crippen LogP contribution is 2.34. The number of ketones is 1. The third-order valence-electron chi connectivity index (χ3n) is 11.9. The lowest BCUT2D eigenvalue weighted by molar-refractivity contribution is -0.145. The molecule has 0 bridgehead atoms. The first-order valence-electron chi connectivity index (χ1n) is 20.5. The normalized spacial score (nSPS) is 20.7. The molecule has 12 nitrogen and oxygen atoms in total. The van der Waals surface area contributed by atoms with Crippen molar-refractivity contribution in [1.82, 2.24) is 20.9 Å². The molecule has 0 spiro atoms. The maximum atomic E-state index is 15.2. The predicted molar refractivity (Wildman–Crippen MR) is 216 cm³/mol. The van der Waals surface area contributed by atoms with Gasteiger partial charge in [-0.3, -0.25) is 19.2 Å². The highest BCUT2D eigenvalue weighted by atomic mass is 19.1. The highest BCUT2D eigenvalue weighted by Gasteiger charge is 2.45. The molecule has 3 amide bonds. The molecule has 0 aromatic heterocycles. The number of rotatable bonds is 25. The molecule has 13 heteroatoms. The zero-order valence-electron chi connectivity index (χ0n) is 35.7. The molecule has 1 aliphatic heterocycles. The maximum absolute atomic E-state index is 15.2. The zero-order valence-corrected chi connectivity index (χ0v) is 35.7. The van der Waals surface area contributed by atoms with Gasteiger partial charge in [0, 0.05) is 33.0 Å². The number of hydrogen-bond acceptors (Lipinski definition) is 8. The van der Waals surface area contributed by atoms with Crippen LogP contribution in [0.3, 0.4) is 0 Å². The van der Waals surface area contributed by atoms with Crippen molar-refractivity contribution in [1.29, 1.82) is 0 Å². The number of methoxy groups -OCH3 is 2. The van der Waals surface area contributed by atoms with E-state index in [-0.39, 0.29) is 73.0 Å². The Bertz CT molecular complexity index is 1400. The first-order valence-corrected chi connectivity index (χ1v) is 20.5. The number of hydrogen-bond donors (Lipinski definition) is 4. The summed E-state index contributed by atoms with van der Waals surface area (Å²) < 4.78 is 26.9. The van der Waals surface area contributed by atoms with E-state index in [1.165, 1.54) is 12.0 Å². The molecule has 0 saturated carbocycles. The van der Waals surface area contributed by atoms with Crippen LogP contribution in [-0.4, -0.2) is 110 Å². The van der Waals surface area contributed by atoms with Crippen molar-refractivity contribution in [2.75, 3.05) is 27.8 Å². The summed E-state index contributed by atoms with van der Waals surface area (Å²) in [7, 11) is 4.70. The number of benzene rings is 1. The average Bonchev–Trinajstić information content (AvgIpc) is 3.55. The van der Waals surface area contributed by atoms with E-state index in [0.717, 1.165) is 12.0 Å². The summed E-state index contributed by atoms with van der Waals surface area (Å²) in [5, 5.41) is 18.6. The van der Waals surface area contributed by atoms with E-state index in [4.69, 9.17) is 9.47 Å². The molecule has 4 N–H and O–H groups in total. The van der Waals surface area contributed by atoms with Crippen molar-refractivity contribution >= 4 is 29.5 Å². The summed E-state index contributed by atoms with van der Waals surface area (Å²) in [6.45, 7) is 15.4. The number of amides is 3. The van der Waals surface area contributed by atoms with Gasteiger partial charge in [0.2, 0.25) is 17.7 Å². The van der Waals surface area contributed by atoms with E-state index >= 15 is 4.39 Å². The summed E-state index contributed by atoms with van der Waals surface area (Å²) in [5.41, 5.74) is 0.748. The number of nitrogens with one attached hydrogen (secondary N) is 3. The molecule has 1 saturated heterocycles. The first kappa shape index (κ1) is 48.7. The van der Waals surface area contributed by atoms with Crippen LogP contribution in [0.2, 0.25) is 0 Å². The predicted octanol–water partition coefficient (Wildman–Crippen LogP) is 5.22. The number of carbonyl (C=O) groups is 5. The summed E-state index contributed by atoms with van der Waals surface area (Å²) in [4.78, 5) is 68.2. The molecular weight excluding hydrogens is 719 g/mol. The third-order valence-corrected chi connectivity index (χ3v) is 11.9. The number of aliphatic carboxylic acids is 1. The summed E-state index contributed by atoms with van der Waals surface area (Å²) in [5.74, 6) is -3.51. The Labute approximate surface area is 334 Å². The van der Waals surface area contributed by atoms with Crippen molar-refractivity contribution in [2.24, 2.45) is 35.5 Å². The van der Waals surface area contributed by atoms with Gasteiger partial charge < -0.3 is 35.4 Å². The van der Waals surface area contributed by atoms with Crippen molar-refractivity contribution in [3.63, 3.8) is 0 Å². The van der Waals surface area contributed by atoms with Crippen LogP contribution < -0.4 is 16.0 Å². The van der Waals surface area contributed by atoms with Gasteiger partial charge in [0.15, 0.2) is 5.78 Å². The number of carboxylic acid groups (broad SMARTS) is 1. The van der Waals surface area contributed by atoms with Crippen LogP contribution in [0, 0.1) is 35.5 Å². The molecule has 4 unspecified atom stereocenters. The topological polar surface area (TPSA) is 163 Å². The van der Waals surface area contributed by atoms with Crippen molar-refractivity contribution in [3.05, 3.63) is 35.9 Å². The third kappa shape index (κ3) is 13.6. The Morgan fingerprint density at radius 3 is 2.00 bits per heavy atom. The molecule has 318 valence electrons. The van der Waals surface area contributed by atoms with Gasteiger partial charge in [-0.15, -0.1) is 0 Å². The largest absolute Gasteiger partial charge is 0.480 e. The lowest BCUT2D eigenvalue weighted by Crippen LogP contribution is -2.54. The van der Waals surface area contributed by atoms with Gasteiger partial charge in [0.25, 0.3) is 0 Å². The van der Waals surface area contributed by atoms with Gasteiger partial charge in [0.1, 0.15) is 12.2 Å². The Morgan fingerprint density at radius 1 is 0.875 bits per heavy atom. The lowest BCUT2D eigenvalue weighted by atomic mass is 9.78. The fourth-order valence-electron chi connectivity index (χ4n) is 8.22. The average molecular weight is 791 g/mol. The number of carboxylic acids is 1. The molecule has 0 radical (unpaired) electrons. The maximum Gasteiger partial charge on any atom is 0.326 e. The zero-order chi connectivity index (χ0) is 42.3. The first-order chi connectivity index (χ1) is 26.4. The second kappa shape index (κ2) is 23.7. The highest BCUT2D eigenvalue weighted by molar-refractivity contribution is 5.92. The van der Waals surface area contributed by atoms with Crippen molar-refractivity contribution < 1.29 is 42.9 Å². The van der Waals surface area contributed by atoms with Crippen molar-refractivity contribution in [3.8, 4) is 0 Å². The molecule has 11 atom stereocenters. The number of likely N-dealkylation sites (tertiary alicyclic amines) is 1. The fourth-order valence-corrected chi connectivity index (χ4v) is 8.22. The standard InChI is InChI=1S/C43H71FN4O8/c1-12-27(7)32(20-19-30(13-2)39(50)37(25(3)4)47-42(52)38(45-9)26(5)6)35(55-10)23-36(49)48-24-31(44)22-34(48)40(56-11)28(8)41(51)46-33(43(53)54)21-29-17-15-14-16-18-29/h14-18,25-28,30-35,37-38,40,45H,12-13,19-24H2,1-11H3,(H,46,51)(H,47,52)(H,53,54)/t27-,28+,30?,31-,32?,33-,34-,35?,37-,38-,40?/m0/s1. The quantitative estimate of drug-likeness (QED) is 0.104. The summed E-state index contributed by atoms with van der Waals surface area (Å²) in [6, 6.07) is 5.97. The van der Waals surface area contributed by atoms with Crippen LogP contribution in [0.25, 0.3) is 0 Å². The molecule has 56 heavy (non-hydrogen) atoms. The molecular formula is C43H71FN4O8. The number of Topliss-reactive ketones (excluding diaryl/α,β-unsaturated/α-hetero) is 1. The number of likely N-dealkylation sites (N-methyl/N-ethyl adjacent to an activating group) is 1. The van der Waals surface area contributed by atoms with Crippen molar-refractivity contribution in [2.45, 2.75) is 143 Å². The minimum absolute atomic E-state index is 0.00481. The van der Waals surface area contributed by atoms with Gasteiger partial charge in [-0.1, -0.05) is 92.1 Å². The van der Waals surface area contributed by atoms with Crippen LogP contribution in [0.5, 0.6) is 0 Å². The molecule has 1 fully saturated rings. The monoisotopic (exact) mass is 791 g/mol. The minimum Gasteiger partial charge on any atom is -0.480 e. The minimum atomic E-state index is -1.33. The van der Waals surface area contributed by atoms with Crippen LogP contribution in [0.1, 0.15) is 99.5 Å². The summed E-state index contributed by atoms with van der Waals surface area (Å²) in [6.07, 6.45) is -0.156. The van der Waals surface area contributed by atoms with Gasteiger partial charge in [-0.05, 0) is 55.5 Å². The SMILES string of the molecule is CCC(CCC(C(CC(=O)N1C[C@@H](F)C[C@H]1C(OC)[C@@H](C)C(=O)N[C@@H](Cc1ccccc1)C(=O)O)OC)[C@@H](C)CC)C(=O)[C@@H](NC(=O)[C@@H](NC)C(C)C)C(C)C. The Morgan fingerprint density at radius 2 is 1.50 bits per heavy atom. The van der Waals surface area contributed by atoms with E-state index in [0.29, 0.717) is 19.3 Å². The number of halogens is 1. The van der Waals surface area contributed by atoms with E-state index in [2.05, 4.69) is 29.8 Å². The van der Waals surface area contributed by atoms with Crippen LogP contribution in [0.4, 0.5) is 4.39 Å². The second-order valence-electron chi connectivity index (χ2n) is 16.4. The van der Waals surface area contributed by atoms with Gasteiger partial charge in [-0.2, -0.15) is 0 Å². The molecule has 1 aromatic carbocycles. The van der Waals surface area contributed by atoms with Gasteiger partial charge in [-0.25, -0.2) is 9.18 Å². The smallest absolute Gasteiger partial charge is 0.326 e. The number of carbonyl (C=O) groups excluding carboxylic acids is 4. The number of alkyl halides is 1. The Balaban J connectivity index is 2.23. The van der Waals surface area contributed by atoms with E-state index < -0.39 is 60.3 Å². The molecule has 1 aliphatic rings. The van der Waals surface area contributed by atoms with E-state index in [9.17, 15) is 29.1 Å².